The van der Waals surface area contributed by atoms with Crippen LogP contribution in [-0.4, -0.2) is 29.1 Å². The lowest BCUT2D eigenvalue weighted by Crippen LogP contribution is -2.37. The monoisotopic (exact) mass is 296 g/mol. The molecule has 0 saturated carbocycles. The van der Waals surface area contributed by atoms with Crippen LogP contribution in [0.4, 0.5) is 0 Å². The van der Waals surface area contributed by atoms with Crippen molar-refractivity contribution < 1.29 is 19.4 Å². The van der Waals surface area contributed by atoms with E-state index in [-0.39, 0.29) is 35.6 Å². The zero-order chi connectivity index (χ0) is 16.2. The Kier molecular flexibility index (Phi) is 6.59. The predicted octanol–water partition coefficient (Wildman–Crippen LogP) is 2.74. The third-order valence-corrected chi connectivity index (χ3v) is 4.50. The molecule has 0 amide bonds. The molecule has 1 rings (SSSR count). The molecule has 1 heterocycles. The standard InChI is InChI=1S/C17H28O4/c1-6-15-10(2)7-8-14(18)11(3)9-12(4)16(19)13(5)17(20)21-15/h7-8,10-13,15-16,19H,6,9H2,1-5H3/b8-7+/t10-,11-,12+,13?,15-,16?/m1/s1. The zero-order valence-corrected chi connectivity index (χ0v) is 13.7. The SMILES string of the molecule is CC[C@H]1OC(=O)C(C)C(O)[C@@H](C)C[C@@H](C)C(=O)/C=C/[C@H]1C. The van der Waals surface area contributed by atoms with Crippen molar-refractivity contribution in [3.8, 4) is 0 Å². The van der Waals surface area contributed by atoms with Gasteiger partial charge in [0.05, 0.1) is 12.0 Å². The number of rotatable bonds is 1. The summed E-state index contributed by atoms with van der Waals surface area (Å²) in [7, 11) is 0. The van der Waals surface area contributed by atoms with Gasteiger partial charge in [-0.15, -0.1) is 0 Å². The first kappa shape index (κ1) is 17.9. The number of cyclic esters (lactones) is 1. The van der Waals surface area contributed by atoms with Gasteiger partial charge in [-0.25, -0.2) is 0 Å². The molecule has 0 saturated heterocycles. The van der Waals surface area contributed by atoms with Gasteiger partial charge in [0.1, 0.15) is 6.10 Å². The van der Waals surface area contributed by atoms with Crippen molar-refractivity contribution in [2.45, 2.75) is 59.7 Å². The first-order valence-electron chi connectivity index (χ1n) is 7.88. The Labute approximate surface area is 127 Å². The van der Waals surface area contributed by atoms with Crippen LogP contribution < -0.4 is 0 Å². The van der Waals surface area contributed by atoms with Gasteiger partial charge in [-0.05, 0) is 31.8 Å². The number of carbonyl (C=O) groups is 2. The summed E-state index contributed by atoms with van der Waals surface area (Å²) in [6, 6.07) is 0. The maximum absolute atomic E-state index is 12.2. The maximum Gasteiger partial charge on any atom is 0.311 e. The van der Waals surface area contributed by atoms with Gasteiger partial charge >= 0.3 is 5.97 Å². The van der Waals surface area contributed by atoms with Crippen molar-refractivity contribution in [1.82, 2.24) is 0 Å². The molecule has 0 spiro atoms. The normalized spacial score (nSPS) is 40.9. The van der Waals surface area contributed by atoms with Crippen molar-refractivity contribution in [1.29, 1.82) is 0 Å². The Morgan fingerprint density at radius 2 is 1.86 bits per heavy atom. The largest absolute Gasteiger partial charge is 0.461 e. The molecule has 0 radical (unpaired) electrons. The second-order valence-electron chi connectivity index (χ2n) is 6.40. The van der Waals surface area contributed by atoms with Gasteiger partial charge < -0.3 is 9.84 Å². The summed E-state index contributed by atoms with van der Waals surface area (Å²) in [5.74, 6) is -1.17. The van der Waals surface area contributed by atoms with E-state index in [0.29, 0.717) is 12.8 Å². The van der Waals surface area contributed by atoms with E-state index in [2.05, 4.69) is 0 Å². The molecule has 2 unspecified atom stereocenters. The molecule has 6 atom stereocenters. The minimum absolute atomic E-state index is 0.0173. The lowest BCUT2D eigenvalue weighted by Gasteiger charge is -2.29. The lowest BCUT2D eigenvalue weighted by atomic mass is 9.84. The highest BCUT2D eigenvalue weighted by atomic mass is 16.5. The number of hydrogen-bond donors (Lipinski definition) is 1. The number of aliphatic hydroxyl groups excluding tert-OH is 1. The molecule has 21 heavy (non-hydrogen) atoms. The summed E-state index contributed by atoms with van der Waals surface area (Å²) in [5.41, 5.74) is 0. The minimum atomic E-state index is -0.788. The Balaban J connectivity index is 3.04. The highest BCUT2D eigenvalue weighted by Gasteiger charge is 2.32. The van der Waals surface area contributed by atoms with Gasteiger partial charge in [0.25, 0.3) is 0 Å². The number of hydrogen-bond acceptors (Lipinski definition) is 4. The van der Waals surface area contributed by atoms with Crippen LogP contribution in [0.3, 0.4) is 0 Å². The van der Waals surface area contributed by atoms with Crippen molar-refractivity contribution in [3.05, 3.63) is 12.2 Å². The topological polar surface area (TPSA) is 63.6 Å². The predicted molar refractivity (Wildman–Crippen MR) is 81.6 cm³/mol. The first-order valence-corrected chi connectivity index (χ1v) is 7.88. The van der Waals surface area contributed by atoms with Crippen molar-refractivity contribution in [2.24, 2.45) is 23.7 Å². The third-order valence-electron chi connectivity index (χ3n) is 4.50. The number of allylic oxidation sites excluding steroid dienone is 1. The van der Waals surface area contributed by atoms with E-state index >= 15 is 0 Å². The Morgan fingerprint density at radius 1 is 1.24 bits per heavy atom. The van der Waals surface area contributed by atoms with Crippen molar-refractivity contribution in [2.75, 3.05) is 0 Å². The fourth-order valence-corrected chi connectivity index (χ4v) is 2.80. The fourth-order valence-electron chi connectivity index (χ4n) is 2.80. The highest BCUT2D eigenvalue weighted by molar-refractivity contribution is 5.91. The molecule has 0 fully saturated rings. The van der Waals surface area contributed by atoms with Crippen LogP contribution in [0.2, 0.25) is 0 Å². The number of ketones is 1. The van der Waals surface area contributed by atoms with Crippen LogP contribution in [-0.2, 0) is 14.3 Å². The van der Waals surface area contributed by atoms with Crippen LogP contribution in [0, 0.1) is 23.7 Å². The number of esters is 1. The average Bonchev–Trinajstić information content (AvgIpc) is 2.46. The van der Waals surface area contributed by atoms with Crippen molar-refractivity contribution in [3.63, 3.8) is 0 Å². The Bertz CT molecular complexity index is 402. The van der Waals surface area contributed by atoms with E-state index in [1.807, 2.05) is 33.8 Å². The molecule has 4 nitrogen and oxygen atoms in total. The van der Waals surface area contributed by atoms with E-state index in [4.69, 9.17) is 4.74 Å². The molecule has 1 aliphatic heterocycles. The number of aliphatic hydroxyl groups is 1. The van der Waals surface area contributed by atoms with Gasteiger partial charge in [0.2, 0.25) is 0 Å². The summed E-state index contributed by atoms with van der Waals surface area (Å²) in [6.45, 7) is 9.31. The summed E-state index contributed by atoms with van der Waals surface area (Å²) >= 11 is 0. The van der Waals surface area contributed by atoms with Crippen LogP contribution in [0.15, 0.2) is 12.2 Å². The summed E-state index contributed by atoms with van der Waals surface area (Å²) in [6.07, 6.45) is 3.61. The maximum atomic E-state index is 12.2. The van der Waals surface area contributed by atoms with E-state index in [1.165, 1.54) is 0 Å². The smallest absolute Gasteiger partial charge is 0.311 e. The van der Waals surface area contributed by atoms with Crippen molar-refractivity contribution >= 4 is 11.8 Å². The molecule has 4 heteroatoms. The molecular weight excluding hydrogens is 268 g/mol. The third kappa shape index (κ3) is 4.67. The van der Waals surface area contributed by atoms with Crippen LogP contribution in [0.1, 0.15) is 47.5 Å². The van der Waals surface area contributed by atoms with Gasteiger partial charge in [-0.3, -0.25) is 9.59 Å². The molecule has 1 N–H and O–H groups in total. The Morgan fingerprint density at radius 3 is 2.43 bits per heavy atom. The molecule has 0 aromatic heterocycles. The highest BCUT2D eigenvalue weighted by Crippen LogP contribution is 2.25. The zero-order valence-electron chi connectivity index (χ0n) is 13.7. The summed E-state index contributed by atoms with van der Waals surface area (Å²) < 4.78 is 5.52. The van der Waals surface area contributed by atoms with Gasteiger partial charge in [0, 0.05) is 11.8 Å². The van der Waals surface area contributed by atoms with E-state index in [1.54, 1.807) is 13.0 Å². The molecule has 120 valence electrons. The quantitative estimate of drug-likeness (QED) is 0.756. The van der Waals surface area contributed by atoms with E-state index < -0.39 is 12.0 Å². The van der Waals surface area contributed by atoms with E-state index in [9.17, 15) is 14.7 Å². The summed E-state index contributed by atoms with van der Waals surface area (Å²) in [5, 5.41) is 10.3. The molecule has 0 bridgehead atoms. The molecule has 0 aromatic carbocycles. The number of carbonyl (C=O) groups excluding carboxylic acids is 2. The molecule has 0 aliphatic carbocycles. The van der Waals surface area contributed by atoms with Crippen LogP contribution >= 0.6 is 0 Å². The van der Waals surface area contributed by atoms with Gasteiger partial charge in [-0.1, -0.05) is 33.8 Å². The fraction of sp³-hybridized carbons (Fsp3) is 0.765. The first-order chi connectivity index (χ1) is 9.77. The second kappa shape index (κ2) is 7.74. The van der Waals surface area contributed by atoms with Gasteiger partial charge in [-0.2, -0.15) is 0 Å². The average molecular weight is 296 g/mol. The molecular formula is C17H28O4. The molecule has 1 aliphatic rings. The second-order valence-corrected chi connectivity index (χ2v) is 6.40. The lowest BCUT2D eigenvalue weighted by molar-refractivity contribution is -0.160. The molecule has 0 aromatic rings. The van der Waals surface area contributed by atoms with E-state index in [0.717, 1.165) is 0 Å². The minimum Gasteiger partial charge on any atom is -0.461 e. The summed E-state index contributed by atoms with van der Waals surface area (Å²) in [4.78, 5) is 24.3. The Hall–Kier alpha value is -1.16. The number of ether oxygens (including phenoxy) is 1. The van der Waals surface area contributed by atoms with Crippen LogP contribution in [0.5, 0.6) is 0 Å². The van der Waals surface area contributed by atoms with Gasteiger partial charge in [0.15, 0.2) is 5.78 Å². The van der Waals surface area contributed by atoms with Crippen LogP contribution in [0.25, 0.3) is 0 Å².